The topological polar surface area (TPSA) is 41.1 Å². The summed E-state index contributed by atoms with van der Waals surface area (Å²) in [5, 5.41) is 5.62. The van der Waals surface area contributed by atoms with Gasteiger partial charge in [0.25, 0.3) is 0 Å². The van der Waals surface area contributed by atoms with Crippen molar-refractivity contribution < 1.29 is 13.6 Å². The van der Waals surface area contributed by atoms with Crippen LogP contribution in [0.25, 0.3) is 0 Å². The van der Waals surface area contributed by atoms with E-state index in [-0.39, 0.29) is 29.7 Å². The fourth-order valence-corrected chi connectivity index (χ4v) is 2.66. The summed E-state index contributed by atoms with van der Waals surface area (Å²) in [6.07, 6.45) is 6.71. The van der Waals surface area contributed by atoms with Gasteiger partial charge in [-0.2, -0.15) is 0 Å². The molecule has 1 aliphatic carbocycles. The monoisotopic (exact) mass is 296 g/mol. The van der Waals surface area contributed by atoms with Gasteiger partial charge in [-0.15, -0.1) is 0 Å². The molecule has 21 heavy (non-hydrogen) atoms. The SMILES string of the molecule is Cc1cc(F)c(NCC(=O)NC2CCCCCC2)cc1F. The second-order valence-electron chi connectivity index (χ2n) is 5.69. The van der Waals surface area contributed by atoms with E-state index < -0.39 is 11.6 Å². The molecule has 5 heteroatoms. The summed E-state index contributed by atoms with van der Waals surface area (Å²) < 4.78 is 27.0. The fourth-order valence-electron chi connectivity index (χ4n) is 2.66. The van der Waals surface area contributed by atoms with Crippen molar-refractivity contribution in [2.75, 3.05) is 11.9 Å². The number of hydrogen-bond acceptors (Lipinski definition) is 2. The van der Waals surface area contributed by atoms with Crippen LogP contribution in [0, 0.1) is 18.6 Å². The van der Waals surface area contributed by atoms with Crippen molar-refractivity contribution in [3.8, 4) is 0 Å². The Bertz CT molecular complexity index is 497. The van der Waals surface area contributed by atoms with E-state index >= 15 is 0 Å². The lowest BCUT2D eigenvalue weighted by Gasteiger charge is -2.17. The number of carbonyl (C=O) groups excluding carboxylic acids is 1. The number of hydrogen-bond donors (Lipinski definition) is 2. The predicted molar refractivity (Wildman–Crippen MR) is 79.2 cm³/mol. The van der Waals surface area contributed by atoms with Gasteiger partial charge in [-0.25, -0.2) is 8.78 Å². The van der Waals surface area contributed by atoms with Gasteiger partial charge in [0.1, 0.15) is 11.6 Å². The van der Waals surface area contributed by atoms with E-state index in [2.05, 4.69) is 10.6 Å². The maximum Gasteiger partial charge on any atom is 0.239 e. The molecule has 0 spiro atoms. The molecule has 0 aromatic heterocycles. The normalized spacial score (nSPS) is 16.3. The largest absolute Gasteiger partial charge is 0.374 e. The number of carbonyl (C=O) groups is 1. The highest BCUT2D eigenvalue weighted by atomic mass is 19.1. The average molecular weight is 296 g/mol. The third kappa shape index (κ3) is 4.69. The Morgan fingerprint density at radius 2 is 1.81 bits per heavy atom. The van der Waals surface area contributed by atoms with Crippen molar-refractivity contribution in [1.82, 2.24) is 5.32 Å². The molecule has 1 aliphatic rings. The number of halogens is 2. The molecule has 2 N–H and O–H groups in total. The third-order valence-corrected chi connectivity index (χ3v) is 3.91. The van der Waals surface area contributed by atoms with Crippen LogP contribution in [0.15, 0.2) is 12.1 Å². The van der Waals surface area contributed by atoms with E-state index in [1.54, 1.807) is 0 Å². The first-order valence-electron chi connectivity index (χ1n) is 7.55. The minimum atomic E-state index is -0.545. The van der Waals surface area contributed by atoms with E-state index in [1.165, 1.54) is 19.8 Å². The highest BCUT2D eigenvalue weighted by molar-refractivity contribution is 5.81. The first kappa shape index (κ1) is 15.7. The van der Waals surface area contributed by atoms with E-state index in [9.17, 15) is 13.6 Å². The van der Waals surface area contributed by atoms with Crippen LogP contribution in [0.1, 0.15) is 44.1 Å². The minimum absolute atomic E-state index is 0.0223. The quantitative estimate of drug-likeness (QED) is 0.835. The van der Waals surface area contributed by atoms with Crippen molar-refractivity contribution in [1.29, 1.82) is 0 Å². The van der Waals surface area contributed by atoms with Crippen LogP contribution in [0.4, 0.5) is 14.5 Å². The molecule has 0 radical (unpaired) electrons. The van der Waals surface area contributed by atoms with Gasteiger partial charge in [-0.1, -0.05) is 25.7 Å². The van der Waals surface area contributed by atoms with Crippen LogP contribution in [-0.2, 0) is 4.79 Å². The number of rotatable bonds is 4. The van der Waals surface area contributed by atoms with Gasteiger partial charge in [0.05, 0.1) is 12.2 Å². The van der Waals surface area contributed by atoms with Crippen LogP contribution in [-0.4, -0.2) is 18.5 Å². The molecule has 116 valence electrons. The Kier molecular flexibility index (Phi) is 5.53. The molecule has 1 amide bonds. The van der Waals surface area contributed by atoms with Gasteiger partial charge in [-0.05, 0) is 31.4 Å². The number of nitrogens with one attached hydrogen (secondary N) is 2. The zero-order chi connectivity index (χ0) is 15.2. The van der Waals surface area contributed by atoms with Gasteiger partial charge < -0.3 is 10.6 Å². The van der Waals surface area contributed by atoms with Gasteiger partial charge in [0, 0.05) is 12.1 Å². The highest BCUT2D eigenvalue weighted by Crippen LogP contribution is 2.19. The van der Waals surface area contributed by atoms with Gasteiger partial charge in [-0.3, -0.25) is 4.79 Å². The number of aryl methyl sites for hydroxylation is 1. The average Bonchev–Trinajstić information content (AvgIpc) is 2.70. The van der Waals surface area contributed by atoms with Gasteiger partial charge >= 0.3 is 0 Å². The van der Waals surface area contributed by atoms with Crippen molar-refractivity contribution in [3.05, 3.63) is 29.3 Å². The molecule has 1 aromatic carbocycles. The third-order valence-electron chi connectivity index (χ3n) is 3.91. The maximum absolute atomic E-state index is 13.6. The smallest absolute Gasteiger partial charge is 0.239 e. The zero-order valence-corrected chi connectivity index (χ0v) is 12.3. The summed E-state index contributed by atoms with van der Waals surface area (Å²) in [7, 11) is 0. The summed E-state index contributed by atoms with van der Waals surface area (Å²) in [5.74, 6) is -1.21. The molecule has 1 fully saturated rings. The molecule has 3 nitrogen and oxygen atoms in total. The molecular weight excluding hydrogens is 274 g/mol. The molecule has 0 saturated heterocycles. The Labute approximate surface area is 124 Å². The van der Waals surface area contributed by atoms with Crippen LogP contribution in [0.3, 0.4) is 0 Å². The zero-order valence-electron chi connectivity index (χ0n) is 12.3. The second-order valence-corrected chi connectivity index (χ2v) is 5.69. The molecule has 1 saturated carbocycles. The summed E-state index contributed by atoms with van der Waals surface area (Å²) in [6.45, 7) is 1.46. The maximum atomic E-state index is 13.6. The lowest BCUT2D eigenvalue weighted by atomic mass is 10.1. The number of anilines is 1. The van der Waals surface area contributed by atoms with Crippen molar-refractivity contribution in [2.45, 2.75) is 51.5 Å². The van der Waals surface area contributed by atoms with Crippen LogP contribution in [0.2, 0.25) is 0 Å². The second kappa shape index (κ2) is 7.38. The van der Waals surface area contributed by atoms with Crippen LogP contribution in [0.5, 0.6) is 0 Å². The van der Waals surface area contributed by atoms with E-state index in [0.29, 0.717) is 0 Å². The molecule has 0 unspecified atom stereocenters. The Balaban J connectivity index is 1.84. The standard InChI is InChI=1S/C16H22F2N2O/c1-11-8-14(18)15(9-13(11)17)19-10-16(21)20-12-6-4-2-3-5-7-12/h8-9,12,19H,2-7,10H2,1H3,(H,20,21). The fraction of sp³-hybridized carbons (Fsp3) is 0.562. The first-order valence-corrected chi connectivity index (χ1v) is 7.55. The summed E-state index contributed by atoms with van der Waals surface area (Å²) in [6, 6.07) is 2.42. The minimum Gasteiger partial charge on any atom is -0.374 e. The van der Waals surface area contributed by atoms with Crippen LogP contribution >= 0.6 is 0 Å². The Morgan fingerprint density at radius 3 is 2.48 bits per heavy atom. The molecule has 0 bridgehead atoms. The molecular formula is C16H22F2N2O. The number of amides is 1. The van der Waals surface area contributed by atoms with Gasteiger partial charge in [0.2, 0.25) is 5.91 Å². The van der Waals surface area contributed by atoms with E-state index in [0.717, 1.165) is 37.8 Å². The molecule has 0 heterocycles. The number of benzene rings is 1. The highest BCUT2D eigenvalue weighted by Gasteiger charge is 2.15. The summed E-state index contributed by atoms with van der Waals surface area (Å²) >= 11 is 0. The molecule has 1 aromatic rings. The molecule has 2 rings (SSSR count). The molecule has 0 aliphatic heterocycles. The molecule has 0 atom stereocenters. The van der Waals surface area contributed by atoms with E-state index in [1.807, 2.05) is 0 Å². The lowest BCUT2D eigenvalue weighted by molar-refractivity contribution is -0.120. The van der Waals surface area contributed by atoms with E-state index in [4.69, 9.17) is 0 Å². The van der Waals surface area contributed by atoms with Crippen molar-refractivity contribution >= 4 is 11.6 Å². The van der Waals surface area contributed by atoms with Crippen molar-refractivity contribution in [2.24, 2.45) is 0 Å². The van der Waals surface area contributed by atoms with Crippen LogP contribution < -0.4 is 10.6 Å². The first-order chi connectivity index (χ1) is 10.1. The van der Waals surface area contributed by atoms with Crippen molar-refractivity contribution in [3.63, 3.8) is 0 Å². The lowest BCUT2D eigenvalue weighted by Crippen LogP contribution is -2.38. The van der Waals surface area contributed by atoms with Gasteiger partial charge in [0.15, 0.2) is 0 Å². The predicted octanol–water partition coefficient (Wildman–Crippen LogP) is 3.52. The summed E-state index contributed by atoms with van der Waals surface area (Å²) in [5.41, 5.74) is 0.273. The summed E-state index contributed by atoms with van der Waals surface area (Å²) in [4.78, 5) is 11.9. The Hall–Kier alpha value is -1.65. The Morgan fingerprint density at radius 1 is 1.14 bits per heavy atom.